The van der Waals surface area contributed by atoms with E-state index in [0.717, 1.165) is 21.2 Å². The Morgan fingerprint density at radius 3 is 2.39 bits per heavy atom. The number of benzene rings is 3. The van der Waals surface area contributed by atoms with Crippen LogP contribution in [-0.2, 0) is 26.0 Å². The lowest BCUT2D eigenvalue weighted by atomic mass is 10.1. The van der Waals surface area contributed by atoms with E-state index < -0.39 is 10.0 Å². The number of thiophene rings is 1. The fraction of sp³-hybridized carbons (Fsp3) is 0.185. The van der Waals surface area contributed by atoms with E-state index in [9.17, 15) is 18.0 Å². The lowest BCUT2D eigenvalue weighted by molar-refractivity contribution is -0.116. The Morgan fingerprint density at radius 1 is 0.972 bits per heavy atom. The first-order valence-electron chi connectivity index (χ1n) is 11.3. The summed E-state index contributed by atoms with van der Waals surface area (Å²) >= 11 is 1.34. The van der Waals surface area contributed by atoms with Crippen LogP contribution in [0.25, 0.3) is 10.1 Å². The molecule has 7 nitrogen and oxygen atoms in total. The van der Waals surface area contributed by atoms with Crippen LogP contribution in [0.4, 0.5) is 5.69 Å². The van der Waals surface area contributed by atoms with Crippen molar-refractivity contribution < 1.29 is 22.7 Å². The van der Waals surface area contributed by atoms with Crippen LogP contribution >= 0.6 is 11.3 Å². The molecule has 0 saturated heterocycles. The molecule has 0 aliphatic rings. The minimum Gasteiger partial charge on any atom is -0.465 e. The number of amides is 1. The number of hydrogen-bond donors (Lipinski definition) is 2. The molecular weight excluding hydrogens is 496 g/mol. The van der Waals surface area contributed by atoms with Gasteiger partial charge < -0.3 is 10.1 Å². The molecule has 0 radical (unpaired) electrons. The molecule has 0 aliphatic carbocycles. The van der Waals surface area contributed by atoms with Gasteiger partial charge in [0.2, 0.25) is 15.9 Å². The second kappa shape index (κ2) is 11.0. The molecule has 186 valence electrons. The Kier molecular flexibility index (Phi) is 7.83. The van der Waals surface area contributed by atoms with E-state index in [2.05, 4.69) is 10.0 Å². The van der Waals surface area contributed by atoms with Crippen LogP contribution in [0.2, 0.25) is 0 Å². The SMILES string of the molecule is COC(=O)c1cc2cc(NC(=O)CCc3ccc(S(=O)(=O)NC(C)c4ccccc4)cc3)ccc2s1. The highest BCUT2D eigenvalue weighted by molar-refractivity contribution is 7.89. The summed E-state index contributed by atoms with van der Waals surface area (Å²) < 4.78 is 33.9. The average molecular weight is 523 g/mol. The zero-order valence-electron chi connectivity index (χ0n) is 19.9. The van der Waals surface area contributed by atoms with Crippen molar-refractivity contribution in [3.05, 3.63) is 94.9 Å². The summed E-state index contributed by atoms with van der Waals surface area (Å²) in [6, 6.07) is 22.8. The number of anilines is 1. The van der Waals surface area contributed by atoms with Gasteiger partial charge in [0, 0.05) is 22.8 Å². The third-order valence-corrected chi connectivity index (χ3v) is 8.35. The Balaban J connectivity index is 1.33. The number of carbonyl (C=O) groups is 2. The van der Waals surface area contributed by atoms with Crippen molar-refractivity contribution in [3.63, 3.8) is 0 Å². The maximum absolute atomic E-state index is 12.7. The van der Waals surface area contributed by atoms with E-state index in [-0.39, 0.29) is 29.2 Å². The number of esters is 1. The molecule has 4 rings (SSSR count). The van der Waals surface area contributed by atoms with Gasteiger partial charge in [0.25, 0.3) is 0 Å². The molecule has 0 fully saturated rings. The molecule has 0 saturated carbocycles. The molecular formula is C27H26N2O5S2. The maximum atomic E-state index is 12.7. The van der Waals surface area contributed by atoms with Crippen molar-refractivity contribution in [2.45, 2.75) is 30.7 Å². The van der Waals surface area contributed by atoms with Gasteiger partial charge in [-0.1, -0.05) is 42.5 Å². The predicted octanol–water partition coefficient (Wildman–Crippen LogP) is 5.30. The van der Waals surface area contributed by atoms with Crippen molar-refractivity contribution in [2.24, 2.45) is 0 Å². The molecule has 2 N–H and O–H groups in total. The summed E-state index contributed by atoms with van der Waals surface area (Å²) in [6.45, 7) is 1.80. The van der Waals surface area contributed by atoms with Gasteiger partial charge in [-0.15, -0.1) is 11.3 Å². The van der Waals surface area contributed by atoms with E-state index in [1.165, 1.54) is 18.4 Å². The lowest BCUT2D eigenvalue weighted by Crippen LogP contribution is -2.26. The van der Waals surface area contributed by atoms with Gasteiger partial charge >= 0.3 is 5.97 Å². The van der Waals surface area contributed by atoms with Gasteiger partial charge in [-0.25, -0.2) is 17.9 Å². The molecule has 1 atom stereocenters. The second-order valence-corrected chi connectivity index (χ2v) is 11.1. The number of carbonyl (C=O) groups excluding carboxylic acids is 2. The number of fused-ring (bicyclic) bond motifs is 1. The smallest absolute Gasteiger partial charge is 0.348 e. The molecule has 9 heteroatoms. The highest BCUT2D eigenvalue weighted by atomic mass is 32.2. The van der Waals surface area contributed by atoms with Gasteiger partial charge in [-0.05, 0) is 66.3 Å². The Bertz CT molecular complexity index is 1480. The molecule has 36 heavy (non-hydrogen) atoms. The van der Waals surface area contributed by atoms with Gasteiger partial charge in [0.1, 0.15) is 4.88 Å². The maximum Gasteiger partial charge on any atom is 0.348 e. The van der Waals surface area contributed by atoms with E-state index in [0.29, 0.717) is 17.0 Å². The summed E-state index contributed by atoms with van der Waals surface area (Å²) in [6.07, 6.45) is 0.706. The van der Waals surface area contributed by atoms with Gasteiger partial charge in [-0.3, -0.25) is 4.79 Å². The number of ether oxygens (including phenoxy) is 1. The monoisotopic (exact) mass is 522 g/mol. The predicted molar refractivity (Wildman–Crippen MR) is 142 cm³/mol. The van der Waals surface area contributed by atoms with E-state index in [1.54, 1.807) is 43.3 Å². The molecule has 1 amide bonds. The van der Waals surface area contributed by atoms with Crippen LogP contribution in [-0.4, -0.2) is 27.4 Å². The molecule has 1 heterocycles. The van der Waals surface area contributed by atoms with E-state index in [4.69, 9.17) is 4.74 Å². The quantitative estimate of drug-likeness (QED) is 0.291. The molecule has 1 unspecified atom stereocenters. The highest BCUT2D eigenvalue weighted by Crippen LogP contribution is 2.28. The van der Waals surface area contributed by atoms with Gasteiger partial charge in [0.05, 0.1) is 12.0 Å². The average Bonchev–Trinajstić information content (AvgIpc) is 3.31. The zero-order valence-corrected chi connectivity index (χ0v) is 21.5. The largest absolute Gasteiger partial charge is 0.465 e. The summed E-state index contributed by atoms with van der Waals surface area (Å²) in [7, 11) is -2.34. The van der Waals surface area contributed by atoms with Crippen LogP contribution in [0.15, 0.2) is 83.8 Å². The third-order valence-electron chi connectivity index (χ3n) is 5.69. The molecule has 0 aliphatic heterocycles. The minimum atomic E-state index is -3.68. The topological polar surface area (TPSA) is 102 Å². The first kappa shape index (κ1) is 25.6. The van der Waals surface area contributed by atoms with Crippen molar-refractivity contribution in [2.75, 3.05) is 12.4 Å². The van der Waals surface area contributed by atoms with Crippen LogP contribution in [0.3, 0.4) is 0 Å². The normalized spacial score (nSPS) is 12.3. The molecule has 0 spiro atoms. The minimum absolute atomic E-state index is 0.159. The molecule has 1 aromatic heterocycles. The van der Waals surface area contributed by atoms with E-state index in [1.807, 2.05) is 42.5 Å². The standard InChI is InChI=1S/C27H26N2O5S2/c1-18(20-6-4-3-5-7-20)29-36(32,33)23-12-8-19(9-13-23)10-15-26(30)28-22-11-14-24-21(16-22)17-25(35-24)27(31)34-2/h3-9,11-14,16-18,29H,10,15H2,1-2H3,(H,28,30). The Hall–Kier alpha value is -3.53. The van der Waals surface area contributed by atoms with Crippen LogP contribution in [0, 0.1) is 0 Å². The first-order chi connectivity index (χ1) is 17.2. The number of aryl methyl sites for hydroxylation is 1. The Labute approximate surface area is 214 Å². The number of rotatable bonds is 9. The van der Waals surface area contributed by atoms with Crippen molar-refractivity contribution in [3.8, 4) is 0 Å². The Morgan fingerprint density at radius 2 is 1.69 bits per heavy atom. The second-order valence-electron chi connectivity index (χ2n) is 8.30. The van der Waals surface area contributed by atoms with Crippen molar-refractivity contribution in [1.29, 1.82) is 0 Å². The zero-order chi connectivity index (χ0) is 25.7. The first-order valence-corrected chi connectivity index (χ1v) is 13.6. The summed E-state index contributed by atoms with van der Waals surface area (Å²) in [4.78, 5) is 24.9. The molecule has 4 aromatic rings. The van der Waals surface area contributed by atoms with E-state index >= 15 is 0 Å². The fourth-order valence-electron chi connectivity index (χ4n) is 3.75. The highest BCUT2D eigenvalue weighted by Gasteiger charge is 2.18. The van der Waals surface area contributed by atoms with Gasteiger partial charge in [-0.2, -0.15) is 0 Å². The lowest BCUT2D eigenvalue weighted by Gasteiger charge is -2.15. The fourth-order valence-corrected chi connectivity index (χ4v) is 5.94. The molecule has 0 bridgehead atoms. The van der Waals surface area contributed by atoms with Crippen molar-refractivity contribution >= 4 is 49.0 Å². The number of nitrogens with one attached hydrogen (secondary N) is 2. The number of methoxy groups -OCH3 is 1. The van der Waals surface area contributed by atoms with Crippen molar-refractivity contribution in [1.82, 2.24) is 4.72 Å². The van der Waals surface area contributed by atoms with Crippen LogP contribution < -0.4 is 10.0 Å². The third kappa shape index (κ3) is 6.17. The summed E-state index contributed by atoms with van der Waals surface area (Å²) in [5.74, 6) is -0.546. The number of hydrogen-bond acceptors (Lipinski definition) is 6. The number of sulfonamides is 1. The summed E-state index contributed by atoms with van der Waals surface area (Å²) in [5, 5.41) is 3.73. The summed E-state index contributed by atoms with van der Waals surface area (Å²) in [5.41, 5.74) is 2.38. The van der Waals surface area contributed by atoms with Crippen LogP contribution in [0.5, 0.6) is 0 Å². The van der Waals surface area contributed by atoms with Crippen LogP contribution in [0.1, 0.15) is 40.2 Å². The van der Waals surface area contributed by atoms with Gasteiger partial charge in [0.15, 0.2) is 0 Å². The molecule has 3 aromatic carbocycles.